The molecule has 0 spiro atoms. The Bertz CT molecular complexity index is 1240. The van der Waals surface area contributed by atoms with E-state index >= 15 is 4.39 Å². The van der Waals surface area contributed by atoms with E-state index in [2.05, 4.69) is 25.1 Å². The third-order valence-corrected chi connectivity index (χ3v) is 8.32. The van der Waals surface area contributed by atoms with Crippen molar-refractivity contribution < 1.29 is 9.50 Å². The molecule has 3 aromatic rings. The lowest BCUT2D eigenvalue weighted by Gasteiger charge is -2.46. The molecule has 0 aliphatic heterocycles. The predicted molar refractivity (Wildman–Crippen MR) is 127 cm³/mol. The van der Waals surface area contributed by atoms with Gasteiger partial charge in [-0.3, -0.25) is 0 Å². The summed E-state index contributed by atoms with van der Waals surface area (Å²) < 4.78 is 15.5. The number of nitriles is 1. The lowest BCUT2D eigenvalue weighted by molar-refractivity contribution is 0.0628. The van der Waals surface area contributed by atoms with Gasteiger partial charge in [-0.2, -0.15) is 5.26 Å². The molecule has 7 nitrogen and oxygen atoms in total. The summed E-state index contributed by atoms with van der Waals surface area (Å²) in [5.41, 5.74) is 2.05. The molecule has 4 atom stereocenters. The van der Waals surface area contributed by atoms with Gasteiger partial charge in [-0.1, -0.05) is 18.9 Å². The van der Waals surface area contributed by atoms with Crippen LogP contribution in [-0.2, 0) is 0 Å². The first-order valence-corrected chi connectivity index (χ1v) is 12.8. The van der Waals surface area contributed by atoms with Crippen molar-refractivity contribution in [3.63, 3.8) is 0 Å². The van der Waals surface area contributed by atoms with Crippen LogP contribution in [0.15, 0.2) is 29.8 Å². The van der Waals surface area contributed by atoms with Gasteiger partial charge in [0.15, 0.2) is 5.69 Å². The summed E-state index contributed by atoms with van der Waals surface area (Å²) in [5.74, 6) is 1.28. The maximum absolute atomic E-state index is 15.5. The Morgan fingerprint density at radius 1 is 1.15 bits per heavy atom. The molecule has 3 aliphatic carbocycles. The van der Waals surface area contributed by atoms with Crippen LogP contribution in [0, 0.1) is 23.2 Å². The molecule has 1 N–H and O–H groups in total. The molecule has 0 unspecified atom stereocenters. The van der Waals surface area contributed by atoms with Gasteiger partial charge in [-0.25, -0.2) is 14.4 Å². The second-order valence-corrected chi connectivity index (χ2v) is 10.6. The van der Waals surface area contributed by atoms with Crippen LogP contribution < -0.4 is 4.90 Å². The fourth-order valence-corrected chi connectivity index (χ4v) is 6.42. The second-order valence-electron chi connectivity index (χ2n) is 9.70. The Labute approximate surface area is 201 Å². The van der Waals surface area contributed by atoms with Crippen molar-refractivity contribution in [2.45, 2.75) is 63.2 Å². The van der Waals surface area contributed by atoms with Gasteiger partial charge < -0.3 is 10.0 Å². The maximum Gasteiger partial charge on any atom is 0.245 e. The summed E-state index contributed by atoms with van der Waals surface area (Å²) >= 11 is 1.35. The summed E-state index contributed by atoms with van der Waals surface area (Å²) in [7, 11) is 0. The van der Waals surface area contributed by atoms with Crippen molar-refractivity contribution in [2.24, 2.45) is 11.8 Å². The highest BCUT2D eigenvalue weighted by Gasteiger charge is 2.47. The normalized spacial score (nSPS) is 26.1. The molecule has 3 saturated carbocycles. The largest absolute Gasteiger partial charge is 0.507 e. The monoisotopic (exact) mass is 476 g/mol. The van der Waals surface area contributed by atoms with Gasteiger partial charge >= 0.3 is 0 Å². The number of aromatic nitrogens is 4. The topological polar surface area (TPSA) is 98.8 Å². The number of hydrogen-bond donors (Lipinski definition) is 1. The predicted octanol–water partition coefficient (Wildman–Crippen LogP) is 5.12. The molecular formula is C25H25FN6OS. The van der Waals surface area contributed by atoms with Crippen LogP contribution in [0.5, 0.6) is 5.75 Å². The van der Waals surface area contributed by atoms with Crippen LogP contribution in [0.3, 0.4) is 0 Å². The lowest BCUT2D eigenvalue weighted by Crippen LogP contribution is -2.52. The number of rotatable bonds is 5. The summed E-state index contributed by atoms with van der Waals surface area (Å²) in [4.78, 5) is 10.9. The summed E-state index contributed by atoms with van der Waals surface area (Å²) in [6, 6.07) is 7.32. The number of benzene rings is 1. The van der Waals surface area contributed by atoms with E-state index in [9.17, 15) is 5.11 Å². The number of nitrogens with zero attached hydrogens (tertiary/aromatic N) is 6. The van der Waals surface area contributed by atoms with E-state index in [0.29, 0.717) is 39.9 Å². The van der Waals surface area contributed by atoms with Crippen LogP contribution >= 0.6 is 11.3 Å². The average molecular weight is 477 g/mol. The highest BCUT2D eigenvalue weighted by Crippen LogP contribution is 2.46. The van der Waals surface area contributed by atoms with Gasteiger partial charge in [0.2, 0.25) is 5.95 Å². The third kappa shape index (κ3) is 3.90. The molecule has 1 aromatic carbocycles. The van der Waals surface area contributed by atoms with E-state index in [-0.39, 0.29) is 17.7 Å². The highest BCUT2D eigenvalue weighted by molar-refractivity contribution is 7.13. The molecule has 2 bridgehead atoms. The van der Waals surface area contributed by atoms with Crippen molar-refractivity contribution in [1.29, 1.82) is 5.26 Å². The van der Waals surface area contributed by atoms with E-state index in [0.717, 1.165) is 44.1 Å². The van der Waals surface area contributed by atoms with Crippen molar-refractivity contribution >= 4 is 17.3 Å². The first-order valence-electron chi connectivity index (χ1n) is 11.9. The SMILES string of the molecule is N#Cc1csc(-c2ccc(-c3cnc(N(C4CC4)[C@H]4C[C@H]5CCC[C@H](C5)[C@H]4F)nn3)c(O)c2)n1. The van der Waals surface area contributed by atoms with Crippen molar-refractivity contribution in [1.82, 2.24) is 20.2 Å². The minimum Gasteiger partial charge on any atom is -0.507 e. The number of thiazole rings is 1. The van der Waals surface area contributed by atoms with Crippen LogP contribution in [0.1, 0.15) is 50.6 Å². The van der Waals surface area contributed by atoms with E-state index in [4.69, 9.17) is 5.26 Å². The quantitative estimate of drug-likeness (QED) is 0.545. The van der Waals surface area contributed by atoms with Crippen LogP contribution in [0.4, 0.5) is 10.3 Å². The van der Waals surface area contributed by atoms with E-state index in [1.54, 1.807) is 23.7 Å². The molecule has 9 heteroatoms. The summed E-state index contributed by atoms with van der Waals surface area (Å²) in [6.07, 6.45) is 8.05. The maximum atomic E-state index is 15.5. The van der Waals surface area contributed by atoms with Gasteiger partial charge in [-0.15, -0.1) is 21.5 Å². The van der Waals surface area contributed by atoms with Crippen molar-refractivity contribution in [2.75, 3.05) is 4.90 Å². The number of phenolic OH excluding ortho intramolecular Hbond substituents is 1. The first kappa shape index (κ1) is 21.4. The molecule has 2 heterocycles. The average Bonchev–Trinajstić information content (AvgIpc) is 3.57. The van der Waals surface area contributed by atoms with Crippen molar-refractivity contribution in [3.05, 3.63) is 35.5 Å². The van der Waals surface area contributed by atoms with E-state index in [1.165, 1.54) is 17.8 Å². The standard InChI is InChI=1S/C25H25FN6OS/c26-23-15-3-1-2-14(8-15)9-21(23)32(18-5-6-18)25-28-12-20(30-31-25)19-7-4-16(10-22(19)33)24-29-17(11-27)13-34-24/h4,7,10,12-15,18,21,23,33H,1-3,5-6,8-9H2/t14-,15+,21-,23+/m0/s1. The molecule has 0 radical (unpaired) electrons. The van der Waals surface area contributed by atoms with E-state index < -0.39 is 6.17 Å². The Hall–Kier alpha value is -3.12. The van der Waals surface area contributed by atoms with Gasteiger partial charge in [0.1, 0.15) is 28.7 Å². The molecule has 0 saturated heterocycles. The zero-order valence-corrected chi connectivity index (χ0v) is 19.5. The number of aromatic hydroxyl groups is 1. The molecule has 174 valence electrons. The molecule has 3 fully saturated rings. The Morgan fingerprint density at radius 3 is 2.74 bits per heavy atom. The van der Waals surface area contributed by atoms with Gasteiger partial charge in [0, 0.05) is 22.5 Å². The Balaban J connectivity index is 1.25. The first-order chi connectivity index (χ1) is 16.6. The number of phenols is 1. The molecule has 3 aliphatic rings. The van der Waals surface area contributed by atoms with Gasteiger partial charge in [0.25, 0.3) is 0 Å². The molecule has 6 rings (SSSR count). The molecular weight excluding hydrogens is 451 g/mol. The van der Waals surface area contributed by atoms with E-state index in [1.807, 2.05) is 12.1 Å². The van der Waals surface area contributed by atoms with Crippen LogP contribution in [0.25, 0.3) is 21.8 Å². The van der Waals surface area contributed by atoms with Gasteiger partial charge in [-0.05, 0) is 56.1 Å². The second kappa shape index (κ2) is 8.58. The number of alkyl halides is 1. The van der Waals surface area contributed by atoms with Crippen LogP contribution in [-0.4, -0.2) is 43.5 Å². The zero-order valence-electron chi connectivity index (χ0n) is 18.6. The number of anilines is 1. The fraction of sp³-hybridized carbons (Fsp3) is 0.480. The zero-order chi connectivity index (χ0) is 23.2. The molecule has 0 amide bonds. The summed E-state index contributed by atoms with van der Waals surface area (Å²) in [5, 5.41) is 30.7. The third-order valence-electron chi connectivity index (χ3n) is 7.43. The highest BCUT2D eigenvalue weighted by atomic mass is 32.1. The summed E-state index contributed by atoms with van der Waals surface area (Å²) in [6.45, 7) is 0. The van der Waals surface area contributed by atoms with Crippen molar-refractivity contribution in [3.8, 4) is 33.6 Å². The lowest BCUT2D eigenvalue weighted by atomic mass is 9.69. The van der Waals surface area contributed by atoms with Crippen LogP contribution in [0.2, 0.25) is 0 Å². The van der Waals surface area contributed by atoms with Gasteiger partial charge in [0.05, 0.1) is 12.2 Å². The number of halogens is 1. The number of hydrogen-bond acceptors (Lipinski definition) is 8. The number of fused-ring (bicyclic) bond motifs is 2. The fourth-order valence-electron chi connectivity index (χ4n) is 5.67. The smallest absolute Gasteiger partial charge is 0.245 e. The minimum atomic E-state index is -0.843. The Kier molecular flexibility index (Phi) is 5.41. The Morgan fingerprint density at radius 2 is 2.03 bits per heavy atom. The molecule has 34 heavy (non-hydrogen) atoms. The minimum absolute atomic E-state index is 0.0398. The molecule has 2 aromatic heterocycles.